The summed E-state index contributed by atoms with van der Waals surface area (Å²) in [6, 6.07) is 4.93. The molecule has 0 spiro atoms. The fourth-order valence-corrected chi connectivity index (χ4v) is 5.76. The zero-order chi connectivity index (χ0) is 26.0. The largest absolute Gasteiger partial charge is 0.477 e. The van der Waals surface area contributed by atoms with Crippen molar-refractivity contribution >= 4 is 57.4 Å². The Morgan fingerprint density at radius 2 is 2.08 bits per heavy atom. The van der Waals surface area contributed by atoms with Gasteiger partial charge in [-0.25, -0.2) is 9.78 Å². The molecule has 15 heteroatoms. The standard InChI is InChI=1S/C21H20N6O7S2/c1-2-34-25-15(13-9-35-21(22)23-13)17(28)24-16-18(29)26-14(20(30)31)8-12(36-19(16)26)7-10-3-5-11(6-4-10)27(32)33/h3-6,8-9,12,16,19H,2,7H2,1H3,(H2,22,23)(H,24,28)(H,30,31)/t12?,16?,19-/m1/s1. The van der Waals surface area contributed by atoms with Crippen LogP contribution < -0.4 is 11.1 Å². The van der Waals surface area contributed by atoms with Gasteiger partial charge in [-0.1, -0.05) is 17.3 Å². The van der Waals surface area contributed by atoms with Gasteiger partial charge in [-0.15, -0.1) is 23.1 Å². The maximum absolute atomic E-state index is 13.0. The molecule has 0 bridgehead atoms. The predicted molar refractivity (Wildman–Crippen MR) is 131 cm³/mol. The number of hydrogen-bond donors (Lipinski definition) is 3. The van der Waals surface area contributed by atoms with E-state index in [1.807, 2.05) is 0 Å². The van der Waals surface area contributed by atoms with Crippen LogP contribution in [0.25, 0.3) is 0 Å². The Morgan fingerprint density at radius 3 is 2.67 bits per heavy atom. The minimum absolute atomic E-state index is 0.0539. The highest BCUT2D eigenvalue weighted by atomic mass is 32.2. The number of hydrogen-bond acceptors (Lipinski definition) is 11. The summed E-state index contributed by atoms with van der Waals surface area (Å²) < 4.78 is 0. The number of nitrogen functional groups attached to an aromatic ring is 1. The number of carbonyl (C=O) groups excluding carboxylic acids is 2. The number of thiazole rings is 1. The van der Waals surface area contributed by atoms with Crippen LogP contribution in [0.15, 0.2) is 46.6 Å². The summed E-state index contributed by atoms with van der Waals surface area (Å²) in [5.74, 6) is -2.56. The van der Waals surface area contributed by atoms with E-state index >= 15 is 0 Å². The Bertz CT molecular complexity index is 1280. The third-order valence-corrected chi connectivity index (χ3v) is 7.40. The van der Waals surface area contributed by atoms with Gasteiger partial charge in [0, 0.05) is 22.8 Å². The summed E-state index contributed by atoms with van der Waals surface area (Å²) in [5.41, 5.74) is 6.20. The first-order chi connectivity index (χ1) is 17.2. The summed E-state index contributed by atoms with van der Waals surface area (Å²) in [6.45, 7) is 1.88. The van der Waals surface area contributed by atoms with Gasteiger partial charge in [-0.3, -0.25) is 24.6 Å². The zero-order valence-corrected chi connectivity index (χ0v) is 20.3. The van der Waals surface area contributed by atoms with Crippen LogP contribution in [-0.4, -0.2) is 66.7 Å². The summed E-state index contributed by atoms with van der Waals surface area (Å²) in [4.78, 5) is 58.3. The lowest BCUT2D eigenvalue weighted by Gasteiger charge is -2.49. The van der Waals surface area contributed by atoms with Crippen molar-refractivity contribution < 1.29 is 29.3 Å². The Hall–Kier alpha value is -3.98. The van der Waals surface area contributed by atoms with Crippen LogP contribution in [0.3, 0.4) is 0 Å². The van der Waals surface area contributed by atoms with Crippen molar-refractivity contribution in [2.75, 3.05) is 12.3 Å². The van der Waals surface area contributed by atoms with E-state index in [-0.39, 0.29) is 39.8 Å². The maximum Gasteiger partial charge on any atom is 0.352 e. The van der Waals surface area contributed by atoms with Gasteiger partial charge in [-0.05, 0) is 25.0 Å². The molecule has 2 aromatic rings. The molecule has 3 heterocycles. The quantitative estimate of drug-likeness (QED) is 0.184. The number of nitro groups is 1. The molecule has 0 aliphatic carbocycles. The van der Waals surface area contributed by atoms with Crippen molar-refractivity contribution in [2.24, 2.45) is 5.16 Å². The topological polar surface area (TPSA) is 190 Å². The van der Waals surface area contributed by atoms with Crippen molar-refractivity contribution in [3.05, 3.63) is 62.8 Å². The number of nitrogens with one attached hydrogen (secondary N) is 1. The molecular formula is C21H20N6O7S2. The number of rotatable bonds is 9. The second kappa shape index (κ2) is 10.3. The average Bonchev–Trinajstić information content (AvgIpc) is 3.28. The number of anilines is 1. The highest BCUT2D eigenvalue weighted by molar-refractivity contribution is 8.00. The molecular weight excluding hydrogens is 512 g/mol. The number of benzene rings is 1. The number of aliphatic carboxylic acids is 1. The number of non-ortho nitro benzene ring substituents is 1. The third kappa shape index (κ3) is 5.01. The van der Waals surface area contributed by atoms with Gasteiger partial charge >= 0.3 is 5.97 Å². The molecule has 0 saturated carbocycles. The molecule has 4 N–H and O–H groups in total. The normalized spacial score (nSPS) is 21.2. The van der Waals surface area contributed by atoms with Crippen LogP contribution in [-0.2, 0) is 25.6 Å². The number of carboxylic acids is 1. The number of oxime groups is 1. The van der Waals surface area contributed by atoms with Crippen molar-refractivity contribution in [2.45, 2.75) is 30.0 Å². The van der Waals surface area contributed by atoms with Crippen LogP contribution in [0.5, 0.6) is 0 Å². The maximum atomic E-state index is 13.0. The monoisotopic (exact) mass is 532 g/mol. The molecule has 188 valence electrons. The number of fused-ring (bicyclic) bond motifs is 1. The minimum atomic E-state index is -1.27. The van der Waals surface area contributed by atoms with E-state index in [1.165, 1.54) is 35.4 Å². The number of amides is 2. The number of nitro benzene ring substituents is 1. The average molecular weight is 533 g/mol. The number of aromatic nitrogens is 1. The van der Waals surface area contributed by atoms with E-state index in [9.17, 15) is 29.6 Å². The van der Waals surface area contributed by atoms with E-state index < -0.39 is 34.1 Å². The highest BCUT2D eigenvalue weighted by Crippen LogP contribution is 2.42. The molecule has 1 aromatic carbocycles. The number of nitrogens with two attached hydrogens (primary N) is 1. The molecule has 13 nitrogen and oxygen atoms in total. The lowest BCUT2D eigenvalue weighted by atomic mass is 10.0. The number of carbonyl (C=O) groups is 3. The van der Waals surface area contributed by atoms with Gasteiger partial charge in [-0.2, -0.15) is 0 Å². The number of β-lactam (4-membered cyclic amide) rings is 1. The molecule has 2 aliphatic rings. The number of nitrogens with zero attached hydrogens (tertiary/aromatic N) is 4. The van der Waals surface area contributed by atoms with Gasteiger partial charge in [0.05, 0.1) is 4.92 Å². The van der Waals surface area contributed by atoms with Gasteiger partial charge in [0.15, 0.2) is 10.8 Å². The van der Waals surface area contributed by atoms with Crippen molar-refractivity contribution in [3.63, 3.8) is 0 Å². The Morgan fingerprint density at radius 1 is 1.36 bits per heavy atom. The molecule has 1 aromatic heterocycles. The molecule has 2 aliphatic heterocycles. The third-order valence-electron chi connectivity index (χ3n) is 5.31. The van der Waals surface area contributed by atoms with Crippen LogP contribution in [0, 0.1) is 10.1 Å². The van der Waals surface area contributed by atoms with E-state index in [0.717, 1.165) is 21.8 Å². The van der Waals surface area contributed by atoms with E-state index in [0.29, 0.717) is 6.42 Å². The van der Waals surface area contributed by atoms with E-state index in [2.05, 4.69) is 15.5 Å². The molecule has 0 radical (unpaired) electrons. The Kier molecular flexibility index (Phi) is 7.21. The second-order valence-electron chi connectivity index (χ2n) is 7.64. The SMILES string of the molecule is CCON=C(C(=O)NC1C(=O)N2C(C(=O)O)=CC(Cc3ccc([N+](=O)[O-])cc3)S[C@H]12)c1csc(N)n1. The van der Waals surface area contributed by atoms with Gasteiger partial charge in [0.25, 0.3) is 17.5 Å². The molecule has 2 amide bonds. The zero-order valence-electron chi connectivity index (χ0n) is 18.7. The first kappa shape index (κ1) is 25.1. The van der Waals surface area contributed by atoms with Crippen LogP contribution in [0.1, 0.15) is 18.2 Å². The van der Waals surface area contributed by atoms with Gasteiger partial charge in [0.2, 0.25) is 0 Å². The fraction of sp³-hybridized carbons (Fsp3) is 0.286. The van der Waals surface area contributed by atoms with E-state index in [1.54, 1.807) is 19.1 Å². The Balaban J connectivity index is 1.52. The van der Waals surface area contributed by atoms with E-state index in [4.69, 9.17) is 10.6 Å². The smallest absolute Gasteiger partial charge is 0.352 e. The summed E-state index contributed by atoms with van der Waals surface area (Å²) in [5, 5.41) is 27.7. The van der Waals surface area contributed by atoms with Crippen molar-refractivity contribution in [1.82, 2.24) is 15.2 Å². The molecule has 1 saturated heterocycles. The molecule has 2 unspecified atom stereocenters. The van der Waals surface area contributed by atoms with Gasteiger partial charge < -0.3 is 21.0 Å². The Labute approximate surface area is 212 Å². The van der Waals surface area contributed by atoms with Crippen molar-refractivity contribution in [1.29, 1.82) is 0 Å². The first-order valence-corrected chi connectivity index (χ1v) is 12.4. The lowest BCUT2D eigenvalue weighted by molar-refractivity contribution is -0.384. The first-order valence-electron chi connectivity index (χ1n) is 10.6. The molecule has 4 rings (SSSR count). The number of carboxylic acid groups (broad SMARTS) is 1. The molecule has 36 heavy (non-hydrogen) atoms. The predicted octanol–water partition coefficient (Wildman–Crippen LogP) is 1.35. The fourth-order valence-electron chi connectivity index (χ4n) is 3.67. The van der Waals surface area contributed by atoms with Crippen molar-refractivity contribution in [3.8, 4) is 0 Å². The molecule has 1 fully saturated rings. The minimum Gasteiger partial charge on any atom is -0.477 e. The highest BCUT2D eigenvalue weighted by Gasteiger charge is 2.54. The van der Waals surface area contributed by atoms with Crippen LogP contribution >= 0.6 is 23.1 Å². The molecule has 3 atom stereocenters. The second-order valence-corrected chi connectivity index (χ2v) is 9.89. The number of thioether (sulfide) groups is 1. The van der Waals surface area contributed by atoms with Crippen LogP contribution in [0.2, 0.25) is 0 Å². The van der Waals surface area contributed by atoms with Gasteiger partial charge in [0.1, 0.15) is 29.4 Å². The summed E-state index contributed by atoms with van der Waals surface area (Å²) >= 11 is 2.41. The summed E-state index contributed by atoms with van der Waals surface area (Å²) in [6.07, 6.45) is 1.84. The summed E-state index contributed by atoms with van der Waals surface area (Å²) in [7, 11) is 0. The lowest BCUT2D eigenvalue weighted by Crippen LogP contribution is -2.71. The van der Waals surface area contributed by atoms with Crippen LogP contribution in [0.4, 0.5) is 10.8 Å².